The zero-order valence-electron chi connectivity index (χ0n) is 18.0. The molecule has 9 nitrogen and oxygen atoms in total. The molecule has 3 aromatic heterocycles. The van der Waals surface area contributed by atoms with Crippen molar-refractivity contribution in [1.29, 1.82) is 0 Å². The van der Waals surface area contributed by atoms with E-state index in [0.717, 1.165) is 11.4 Å². The van der Waals surface area contributed by atoms with Crippen molar-refractivity contribution in [2.45, 2.75) is 39.3 Å². The fourth-order valence-corrected chi connectivity index (χ4v) is 3.77. The van der Waals surface area contributed by atoms with Crippen LogP contribution < -0.4 is 10.2 Å². The van der Waals surface area contributed by atoms with E-state index < -0.39 is 5.60 Å². The van der Waals surface area contributed by atoms with Crippen LogP contribution in [0.15, 0.2) is 36.8 Å². The van der Waals surface area contributed by atoms with Crippen LogP contribution >= 0.6 is 11.6 Å². The monoisotopic (exact) mass is 443 g/mol. The van der Waals surface area contributed by atoms with Crippen LogP contribution in [0.5, 0.6) is 0 Å². The number of nitrogens with zero attached hydrogens (tertiary/aromatic N) is 6. The Balaban J connectivity index is 1.43. The average Bonchev–Trinajstić information content (AvgIpc) is 3.16. The van der Waals surface area contributed by atoms with Gasteiger partial charge < -0.3 is 19.9 Å². The molecule has 10 heteroatoms. The fourth-order valence-electron chi connectivity index (χ4n) is 3.58. The van der Waals surface area contributed by atoms with Crippen LogP contribution in [0.4, 0.5) is 22.0 Å². The van der Waals surface area contributed by atoms with Gasteiger partial charge in [0.25, 0.3) is 0 Å². The third kappa shape index (κ3) is 4.82. The van der Waals surface area contributed by atoms with Gasteiger partial charge in [0.15, 0.2) is 10.8 Å². The SMILES string of the molecule is C[C@H]1CN(C(=O)OC(C)(C)C)CCN1c1ccc(Nc2cc(Cl)nn3ccnc23)nc1. The first-order valence-electron chi connectivity index (χ1n) is 10.2. The average molecular weight is 444 g/mol. The van der Waals surface area contributed by atoms with Gasteiger partial charge in [0, 0.05) is 44.1 Å². The van der Waals surface area contributed by atoms with Gasteiger partial charge in [-0.1, -0.05) is 11.6 Å². The van der Waals surface area contributed by atoms with Crippen molar-refractivity contribution in [3.8, 4) is 0 Å². The number of anilines is 3. The zero-order chi connectivity index (χ0) is 22.2. The largest absolute Gasteiger partial charge is 0.444 e. The molecular formula is C21H26ClN7O2. The highest BCUT2D eigenvalue weighted by atomic mass is 35.5. The highest BCUT2D eigenvalue weighted by molar-refractivity contribution is 6.29. The van der Waals surface area contributed by atoms with Crippen LogP contribution in [0.25, 0.3) is 5.65 Å². The molecule has 1 amide bonds. The van der Waals surface area contributed by atoms with Crippen LogP contribution in [0.2, 0.25) is 5.15 Å². The van der Waals surface area contributed by atoms with Gasteiger partial charge in [0.05, 0.1) is 17.6 Å². The lowest BCUT2D eigenvalue weighted by Crippen LogP contribution is -2.54. The van der Waals surface area contributed by atoms with Gasteiger partial charge in [-0.2, -0.15) is 5.10 Å². The number of fused-ring (bicyclic) bond motifs is 1. The van der Waals surface area contributed by atoms with Crippen molar-refractivity contribution in [1.82, 2.24) is 24.5 Å². The Morgan fingerprint density at radius 1 is 1.26 bits per heavy atom. The lowest BCUT2D eigenvalue weighted by Gasteiger charge is -2.41. The summed E-state index contributed by atoms with van der Waals surface area (Å²) >= 11 is 6.10. The third-order valence-corrected chi connectivity index (χ3v) is 5.14. The Kier molecular flexibility index (Phi) is 5.62. The number of hydrogen-bond donors (Lipinski definition) is 1. The van der Waals surface area contributed by atoms with Gasteiger partial charge in [-0.3, -0.25) is 0 Å². The van der Waals surface area contributed by atoms with E-state index in [1.807, 2.05) is 39.1 Å². The van der Waals surface area contributed by atoms with Gasteiger partial charge in [-0.05, 0) is 39.8 Å². The van der Waals surface area contributed by atoms with Crippen LogP contribution in [0.3, 0.4) is 0 Å². The lowest BCUT2D eigenvalue weighted by molar-refractivity contribution is 0.0219. The van der Waals surface area contributed by atoms with E-state index in [9.17, 15) is 4.79 Å². The minimum atomic E-state index is -0.495. The van der Waals surface area contributed by atoms with Gasteiger partial charge in [-0.25, -0.2) is 19.3 Å². The molecule has 0 aromatic carbocycles. The summed E-state index contributed by atoms with van der Waals surface area (Å²) in [4.78, 5) is 25.2. The summed E-state index contributed by atoms with van der Waals surface area (Å²) < 4.78 is 7.11. The fraction of sp³-hybridized carbons (Fsp3) is 0.429. The Morgan fingerprint density at radius 2 is 2.06 bits per heavy atom. The maximum Gasteiger partial charge on any atom is 0.410 e. The first-order chi connectivity index (χ1) is 14.7. The first-order valence-corrected chi connectivity index (χ1v) is 10.5. The minimum absolute atomic E-state index is 0.144. The Morgan fingerprint density at radius 3 is 2.74 bits per heavy atom. The van der Waals surface area contributed by atoms with E-state index in [1.165, 1.54) is 0 Å². The molecule has 1 fully saturated rings. The van der Waals surface area contributed by atoms with E-state index in [4.69, 9.17) is 16.3 Å². The minimum Gasteiger partial charge on any atom is -0.444 e. The topological polar surface area (TPSA) is 87.9 Å². The molecule has 4 heterocycles. The number of piperazine rings is 1. The molecule has 1 saturated heterocycles. The Hall–Kier alpha value is -3.07. The second-order valence-corrected chi connectivity index (χ2v) is 8.96. The number of carbonyl (C=O) groups excluding carboxylic acids is 1. The van der Waals surface area contributed by atoms with E-state index >= 15 is 0 Å². The zero-order valence-corrected chi connectivity index (χ0v) is 18.8. The van der Waals surface area contributed by atoms with Crippen molar-refractivity contribution in [2.75, 3.05) is 29.9 Å². The molecule has 3 aromatic rings. The summed E-state index contributed by atoms with van der Waals surface area (Å²) in [5.74, 6) is 0.677. The van der Waals surface area contributed by atoms with Crippen molar-refractivity contribution >= 4 is 40.5 Å². The molecular weight excluding hydrogens is 418 g/mol. The number of aromatic nitrogens is 4. The lowest BCUT2D eigenvalue weighted by atomic mass is 10.1. The van der Waals surface area contributed by atoms with E-state index in [-0.39, 0.29) is 12.1 Å². The normalized spacial score (nSPS) is 17.1. The van der Waals surface area contributed by atoms with Crippen LogP contribution in [0.1, 0.15) is 27.7 Å². The molecule has 1 N–H and O–H groups in total. The summed E-state index contributed by atoms with van der Waals surface area (Å²) in [6.07, 6.45) is 4.96. The highest BCUT2D eigenvalue weighted by Crippen LogP contribution is 2.25. The second-order valence-electron chi connectivity index (χ2n) is 8.57. The summed E-state index contributed by atoms with van der Waals surface area (Å²) in [6.45, 7) is 9.64. The number of carbonyl (C=O) groups is 1. The van der Waals surface area contributed by atoms with Crippen LogP contribution in [-0.4, -0.2) is 61.9 Å². The van der Waals surface area contributed by atoms with Crippen molar-refractivity contribution < 1.29 is 9.53 Å². The molecule has 4 rings (SSSR count). The quantitative estimate of drug-likeness (QED) is 0.655. The molecule has 0 spiro atoms. The first kappa shape index (κ1) is 21.2. The Labute approximate surface area is 186 Å². The van der Waals surface area contributed by atoms with Gasteiger partial charge >= 0.3 is 6.09 Å². The summed E-state index contributed by atoms with van der Waals surface area (Å²) in [5, 5.41) is 7.79. The molecule has 31 heavy (non-hydrogen) atoms. The number of amides is 1. The van der Waals surface area contributed by atoms with E-state index in [1.54, 1.807) is 27.9 Å². The van der Waals surface area contributed by atoms with Crippen LogP contribution in [-0.2, 0) is 4.74 Å². The maximum absolute atomic E-state index is 12.4. The molecule has 0 radical (unpaired) electrons. The molecule has 0 aliphatic carbocycles. The molecule has 1 aliphatic rings. The van der Waals surface area contributed by atoms with E-state index in [0.29, 0.717) is 36.3 Å². The van der Waals surface area contributed by atoms with Crippen molar-refractivity contribution in [3.63, 3.8) is 0 Å². The summed E-state index contributed by atoms with van der Waals surface area (Å²) in [7, 11) is 0. The predicted octanol–water partition coefficient (Wildman–Crippen LogP) is 3.97. The number of halogens is 1. The smallest absolute Gasteiger partial charge is 0.410 e. The number of rotatable bonds is 3. The number of ether oxygens (including phenoxy) is 1. The van der Waals surface area contributed by atoms with Crippen molar-refractivity contribution in [2.24, 2.45) is 0 Å². The van der Waals surface area contributed by atoms with E-state index in [2.05, 4.69) is 32.2 Å². The molecule has 164 valence electrons. The standard InChI is InChI=1S/C21H26ClN7O2/c1-14-13-27(20(30)31-21(2,3)4)9-10-28(14)15-5-6-18(24-12-15)25-16-11-17(22)26-29-8-7-23-19(16)29/h5-8,11-12,14H,9-10,13H2,1-4H3,(H,24,25)/t14-/m0/s1. The second kappa shape index (κ2) is 8.22. The summed E-state index contributed by atoms with van der Waals surface area (Å²) in [5.41, 5.74) is 1.90. The van der Waals surface area contributed by atoms with Gasteiger partial charge in [-0.15, -0.1) is 0 Å². The predicted molar refractivity (Wildman–Crippen MR) is 120 cm³/mol. The maximum atomic E-state index is 12.4. The van der Waals surface area contributed by atoms with Crippen molar-refractivity contribution in [3.05, 3.63) is 41.9 Å². The third-order valence-electron chi connectivity index (χ3n) is 4.95. The molecule has 1 aliphatic heterocycles. The van der Waals surface area contributed by atoms with Gasteiger partial charge in [0.2, 0.25) is 0 Å². The number of pyridine rings is 1. The Bertz CT molecular complexity index is 1080. The number of nitrogens with one attached hydrogen (secondary N) is 1. The van der Waals surface area contributed by atoms with Crippen LogP contribution in [0, 0.1) is 0 Å². The number of imidazole rings is 1. The number of hydrogen-bond acceptors (Lipinski definition) is 7. The molecule has 0 saturated carbocycles. The molecule has 0 bridgehead atoms. The molecule has 1 atom stereocenters. The van der Waals surface area contributed by atoms with Gasteiger partial charge in [0.1, 0.15) is 11.4 Å². The molecule has 0 unspecified atom stereocenters. The summed E-state index contributed by atoms with van der Waals surface area (Å²) in [6, 6.07) is 5.79. The highest BCUT2D eigenvalue weighted by Gasteiger charge is 2.30.